The van der Waals surface area contributed by atoms with E-state index in [1.54, 1.807) is 26.0 Å². The summed E-state index contributed by atoms with van der Waals surface area (Å²) in [5.74, 6) is -0.158. The molecule has 0 spiro atoms. The number of carbonyl (C=O) groups is 1. The van der Waals surface area contributed by atoms with Crippen LogP contribution in [0.15, 0.2) is 79.0 Å². The van der Waals surface area contributed by atoms with E-state index in [2.05, 4.69) is 0 Å². The van der Waals surface area contributed by atoms with Crippen LogP contribution in [0.2, 0.25) is 0 Å². The fourth-order valence-corrected chi connectivity index (χ4v) is 5.93. The van der Waals surface area contributed by atoms with Gasteiger partial charge in [-0.15, -0.1) is 0 Å². The largest absolute Gasteiger partial charge is 0.364 e. The molecule has 2 aromatic carbocycles. The van der Waals surface area contributed by atoms with Gasteiger partial charge in [-0.2, -0.15) is 0 Å². The van der Waals surface area contributed by atoms with Gasteiger partial charge in [-0.3, -0.25) is 9.36 Å². The highest BCUT2D eigenvalue weighted by Crippen LogP contribution is 2.52. The monoisotopic (exact) mass is 447 g/mol. The lowest BCUT2D eigenvalue weighted by molar-refractivity contribution is 0.103. The van der Waals surface area contributed by atoms with Gasteiger partial charge < -0.3 is 13.4 Å². The number of carbonyl (C=O) groups excluding carboxylic acids is 1. The smallest absolute Gasteiger partial charge is 0.312 e. The number of pyridine rings is 1. The van der Waals surface area contributed by atoms with Crippen LogP contribution in [0, 0.1) is 6.92 Å². The van der Waals surface area contributed by atoms with Crippen molar-refractivity contribution in [2.24, 2.45) is 0 Å². The predicted octanol–water partition coefficient (Wildman–Crippen LogP) is 6.04. The van der Waals surface area contributed by atoms with Gasteiger partial charge in [0.1, 0.15) is 5.69 Å². The van der Waals surface area contributed by atoms with Crippen molar-refractivity contribution >= 4 is 24.2 Å². The second-order valence-electron chi connectivity index (χ2n) is 7.43. The van der Waals surface area contributed by atoms with Crippen molar-refractivity contribution in [2.75, 3.05) is 13.2 Å². The van der Waals surface area contributed by atoms with Crippen molar-refractivity contribution in [3.8, 4) is 11.1 Å². The molecule has 0 aliphatic rings. The zero-order valence-electron chi connectivity index (χ0n) is 18.4. The maximum absolute atomic E-state index is 14.1. The predicted molar refractivity (Wildman–Crippen MR) is 128 cm³/mol. The number of hydrogen-bond acceptors (Lipinski definition) is 4. The molecule has 164 valence electrons. The van der Waals surface area contributed by atoms with Crippen molar-refractivity contribution in [2.45, 2.75) is 20.8 Å². The van der Waals surface area contributed by atoms with Crippen molar-refractivity contribution in [1.82, 2.24) is 4.40 Å². The first-order chi connectivity index (χ1) is 15.5. The Morgan fingerprint density at radius 1 is 0.906 bits per heavy atom. The number of hydrogen-bond donors (Lipinski definition) is 0. The molecule has 4 aromatic rings. The zero-order valence-corrected chi connectivity index (χ0v) is 19.3. The van der Waals surface area contributed by atoms with E-state index in [9.17, 15) is 9.36 Å². The minimum atomic E-state index is -3.72. The van der Waals surface area contributed by atoms with E-state index >= 15 is 0 Å². The van der Waals surface area contributed by atoms with E-state index < -0.39 is 7.60 Å². The number of nitrogens with zero attached hydrogens (tertiary/aromatic N) is 1. The van der Waals surface area contributed by atoms with Crippen molar-refractivity contribution in [3.63, 3.8) is 0 Å². The Bertz CT molecular complexity index is 1290. The topological polar surface area (TPSA) is 57.0 Å². The average molecular weight is 447 g/mol. The Balaban J connectivity index is 2.16. The maximum Gasteiger partial charge on any atom is 0.364 e. The number of aryl methyl sites for hydroxylation is 1. The third kappa shape index (κ3) is 3.95. The van der Waals surface area contributed by atoms with Gasteiger partial charge >= 0.3 is 7.60 Å². The fourth-order valence-electron chi connectivity index (χ4n) is 3.95. The number of fused-ring (bicyclic) bond motifs is 1. The Labute approximate surface area is 188 Å². The minimum absolute atomic E-state index is 0.158. The summed E-state index contributed by atoms with van der Waals surface area (Å²) < 4.78 is 27.5. The number of benzene rings is 2. The van der Waals surface area contributed by atoms with E-state index in [0.717, 1.165) is 11.1 Å². The molecule has 0 atom stereocenters. The molecule has 0 fully saturated rings. The first-order valence-electron chi connectivity index (χ1n) is 10.7. The summed E-state index contributed by atoms with van der Waals surface area (Å²) in [6.45, 7) is 5.97. The number of ketones is 1. The van der Waals surface area contributed by atoms with Crippen molar-refractivity contribution in [1.29, 1.82) is 0 Å². The molecule has 0 aliphatic heterocycles. The van der Waals surface area contributed by atoms with Crippen LogP contribution in [-0.2, 0) is 13.6 Å². The number of aromatic nitrogens is 1. The fraction of sp³-hybridized carbons (Fsp3) is 0.192. The lowest BCUT2D eigenvalue weighted by atomic mass is 10.0. The van der Waals surface area contributed by atoms with E-state index in [-0.39, 0.29) is 19.0 Å². The minimum Gasteiger partial charge on any atom is -0.312 e. The van der Waals surface area contributed by atoms with Crippen molar-refractivity contribution < 1.29 is 18.4 Å². The molecule has 0 radical (unpaired) electrons. The molecule has 0 aliphatic carbocycles. The summed E-state index contributed by atoms with van der Waals surface area (Å²) in [7, 11) is -3.72. The van der Waals surface area contributed by atoms with Crippen LogP contribution in [0.5, 0.6) is 0 Å². The summed E-state index contributed by atoms with van der Waals surface area (Å²) in [5.41, 5.74) is 3.98. The average Bonchev–Trinajstić information content (AvgIpc) is 3.15. The lowest BCUT2D eigenvalue weighted by Crippen LogP contribution is -2.14. The molecule has 2 aromatic heterocycles. The summed E-state index contributed by atoms with van der Waals surface area (Å²) in [6, 6.07) is 22.5. The van der Waals surface area contributed by atoms with Crippen LogP contribution >= 0.6 is 7.60 Å². The molecule has 32 heavy (non-hydrogen) atoms. The Morgan fingerprint density at radius 3 is 2.09 bits per heavy atom. The van der Waals surface area contributed by atoms with Crippen LogP contribution in [0.25, 0.3) is 16.6 Å². The van der Waals surface area contributed by atoms with Crippen LogP contribution in [0.1, 0.15) is 35.5 Å². The standard InChI is InChI=1S/C26H26NO4P/c1-4-30-32(29,31-5-2)26-22-18-19(3)16-17-27(22)24(23(26)20-12-8-6-9-13-20)25(28)21-14-10-7-11-15-21/h6-18H,4-5H2,1-3H3. The van der Waals surface area contributed by atoms with E-state index in [4.69, 9.17) is 9.05 Å². The Kier molecular flexibility index (Phi) is 6.43. The van der Waals surface area contributed by atoms with Gasteiger partial charge in [0.05, 0.1) is 24.0 Å². The van der Waals surface area contributed by atoms with Crippen molar-refractivity contribution in [3.05, 3.63) is 95.8 Å². The Morgan fingerprint density at radius 2 is 1.50 bits per heavy atom. The van der Waals surface area contributed by atoms with Gasteiger partial charge in [-0.05, 0) is 44.0 Å². The summed E-state index contributed by atoms with van der Waals surface area (Å²) in [5, 5.41) is 0.426. The van der Waals surface area contributed by atoms with Crippen LogP contribution in [0.3, 0.4) is 0 Å². The van der Waals surface area contributed by atoms with Crippen LogP contribution < -0.4 is 5.30 Å². The molecule has 0 bridgehead atoms. The lowest BCUT2D eigenvalue weighted by Gasteiger charge is -2.18. The van der Waals surface area contributed by atoms with E-state index in [0.29, 0.717) is 27.6 Å². The van der Waals surface area contributed by atoms with Crippen LogP contribution in [0.4, 0.5) is 0 Å². The first kappa shape index (κ1) is 22.2. The van der Waals surface area contributed by atoms with Gasteiger partial charge in [0.25, 0.3) is 0 Å². The summed E-state index contributed by atoms with van der Waals surface area (Å²) in [6.07, 6.45) is 1.85. The van der Waals surface area contributed by atoms with Gasteiger partial charge in [0.15, 0.2) is 0 Å². The Hall–Kier alpha value is -2.98. The second-order valence-corrected chi connectivity index (χ2v) is 9.38. The highest BCUT2D eigenvalue weighted by atomic mass is 31.2. The highest BCUT2D eigenvalue weighted by molar-refractivity contribution is 7.63. The number of rotatable bonds is 8. The van der Waals surface area contributed by atoms with Gasteiger partial charge in [0.2, 0.25) is 5.78 Å². The third-order valence-corrected chi connectivity index (χ3v) is 7.45. The van der Waals surface area contributed by atoms with Crippen LogP contribution in [-0.4, -0.2) is 23.4 Å². The van der Waals surface area contributed by atoms with Gasteiger partial charge in [0, 0.05) is 17.3 Å². The molecule has 5 nitrogen and oxygen atoms in total. The summed E-state index contributed by atoms with van der Waals surface area (Å²) in [4.78, 5) is 13.8. The molecule has 6 heteroatoms. The molecule has 4 rings (SSSR count). The second kappa shape index (κ2) is 9.25. The zero-order chi connectivity index (χ0) is 22.7. The SMILES string of the molecule is CCOP(=O)(OCC)c1c(-c2ccccc2)c(C(=O)c2ccccc2)n2ccc(C)cc12. The molecule has 2 heterocycles. The molecular weight excluding hydrogens is 421 g/mol. The van der Waals surface area contributed by atoms with E-state index in [1.807, 2.05) is 78.2 Å². The molecule has 0 unspecified atom stereocenters. The molecule has 0 N–H and O–H groups in total. The molecule has 0 amide bonds. The maximum atomic E-state index is 14.1. The van der Waals surface area contributed by atoms with E-state index in [1.165, 1.54) is 0 Å². The molecule has 0 saturated carbocycles. The quantitative estimate of drug-likeness (QED) is 0.244. The molecule has 0 saturated heterocycles. The first-order valence-corrected chi connectivity index (χ1v) is 12.2. The summed E-state index contributed by atoms with van der Waals surface area (Å²) >= 11 is 0. The van der Waals surface area contributed by atoms with Gasteiger partial charge in [-0.25, -0.2) is 0 Å². The highest BCUT2D eigenvalue weighted by Gasteiger charge is 2.38. The van der Waals surface area contributed by atoms with Gasteiger partial charge in [-0.1, -0.05) is 60.7 Å². The molecular formula is C26H26NO4P. The third-order valence-electron chi connectivity index (χ3n) is 5.25. The normalized spacial score (nSPS) is 11.7.